The summed E-state index contributed by atoms with van der Waals surface area (Å²) in [6.07, 6.45) is 0. The van der Waals surface area contributed by atoms with E-state index in [1.807, 2.05) is 0 Å². The van der Waals surface area contributed by atoms with E-state index >= 15 is 0 Å². The van der Waals surface area contributed by atoms with Crippen molar-refractivity contribution in [2.24, 2.45) is 5.41 Å². The summed E-state index contributed by atoms with van der Waals surface area (Å²) in [5.41, 5.74) is 0.368. The lowest BCUT2D eigenvalue weighted by atomic mass is 9.93. The largest absolute Gasteiger partial charge is 0.495 e. The number of nitrogens with zero attached hydrogens (tertiary/aromatic N) is 1. The average molecular weight is 262 g/mol. The van der Waals surface area contributed by atoms with Gasteiger partial charge in [-0.3, -0.25) is 4.79 Å². The topological polar surface area (TPSA) is 71.3 Å². The molecular formula is C14H18N2O3. The van der Waals surface area contributed by atoms with Crippen molar-refractivity contribution in [3.8, 4) is 11.8 Å². The van der Waals surface area contributed by atoms with Crippen LogP contribution in [0.4, 0.5) is 5.69 Å². The Bertz CT molecular complexity index is 504. The van der Waals surface area contributed by atoms with Crippen LogP contribution in [0.25, 0.3) is 0 Å². The molecule has 0 aromatic heterocycles. The van der Waals surface area contributed by atoms with E-state index in [9.17, 15) is 4.79 Å². The molecule has 102 valence electrons. The van der Waals surface area contributed by atoms with Crippen LogP contribution in [-0.2, 0) is 9.53 Å². The van der Waals surface area contributed by atoms with E-state index in [-0.39, 0.29) is 5.97 Å². The lowest BCUT2D eigenvalue weighted by Crippen LogP contribution is -2.33. The number of benzene rings is 1. The minimum Gasteiger partial charge on any atom is -0.495 e. The Kier molecular flexibility index (Phi) is 4.76. The molecule has 0 spiro atoms. The maximum atomic E-state index is 11.6. The first-order valence-electron chi connectivity index (χ1n) is 5.85. The SMILES string of the molecule is COC(=O)C(C)(C)CNc1c(C#N)cccc1OC. The van der Waals surface area contributed by atoms with Crippen molar-refractivity contribution in [1.29, 1.82) is 5.26 Å². The molecule has 1 aromatic carbocycles. The molecule has 19 heavy (non-hydrogen) atoms. The Morgan fingerprint density at radius 2 is 2.11 bits per heavy atom. The minimum absolute atomic E-state index is 0.312. The molecule has 0 heterocycles. The van der Waals surface area contributed by atoms with Crippen molar-refractivity contribution in [2.45, 2.75) is 13.8 Å². The summed E-state index contributed by atoms with van der Waals surface area (Å²) in [5.74, 6) is 0.258. The zero-order valence-electron chi connectivity index (χ0n) is 11.6. The van der Waals surface area contributed by atoms with Crippen molar-refractivity contribution in [2.75, 3.05) is 26.1 Å². The van der Waals surface area contributed by atoms with Crippen LogP contribution in [0, 0.1) is 16.7 Å². The highest BCUT2D eigenvalue weighted by Crippen LogP contribution is 2.29. The Hall–Kier alpha value is -2.22. The normalized spacial score (nSPS) is 10.5. The third-order valence-electron chi connectivity index (χ3n) is 2.81. The zero-order valence-corrected chi connectivity index (χ0v) is 11.6. The summed E-state index contributed by atoms with van der Waals surface area (Å²) < 4.78 is 9.95. The van der Waals surface area contributed by atoms with Gasteiger partial charge in [0.15, 0.2) is 0 Å². The molecule has 0 bridgehead atoms. The number of nitriles is 1. The summed E-state index contributed by atoms with van der Waals surface area (Å²) in [5, 5.41) is 12.2. The second-order valence-corrected chi connectivity index (χ2v) is 4.72. The first kappa shape index (κ1) is 14.8. The van der Waals surface area contributed by atoms with Crippen LogP contribution in [0.15, 0.2) is 18.2 Å². The van der Waals surface area contributed by atoms with Gasteiger partial charge in [-0.1, -0.05) is 6.07 Å². The number of esters is 1. The fourth-order valence-electron chi connectivity index (χ4n) is 1.63. The number of carbonyl (C=O) groups is 1. The van der Waals surface area contributed by atoms with Gasteiger partial charge in [0.05, 0.1) is 30.9 Å². The first-order chi connectivity index (χ1) is 8.96. The predicted molar refractivity (Wildman–Crippen MR) is 72.0 cm³/mol. The molecule has 1 aromatic rings. The number of rotatable bonds is 5. The van der Waals surface area contributed by atoms with Crippen LogP contribution in [-0.4, -0.2) is 26.7 Å². The maximum absolute atomic E-state index is 11.6. The standard InChI is InChI=1S/C14H18N2O3/c1-14(2,13(17)19-4)9-16-12-10(8-15)6-5-7-11(12)18-3/h5-7,16H,9H2,1-4H3. The second-order valence-electron chi connectivity index (χ2n) is 4.72. The molecule has 5 heteroatoms. The molecule has 0 aliphatic rings. The lowest BCUT2D eigenvalue weighted by Gasteiger charge is -2.23. The van der Waals surface area contributed by atoms with Crippen LogP contribution in [0.2, 0.25) is 0 Å². The summed E-state index contributed by atoms with van der Waals surface area (Å²) in [6, 6.07) is 7.28. The van der Waals surface area contributed by atoms with E-state index in [1.54, 1.807) is 32.0 Å². The Balaban J connectivity index is 2.95. The van der Waals surface area contributed by atoms with Crippen molar-refractivity contribution < 1.29 is 14.3 Å². The molecule has 0 radical (unpaired) electrons. The minimum atomic E-state index is -0.692. The fourth-order valence-corrected chi connectivity index (χ4v) is 1.63. The number of carbonyl (C=O) groups excluding carboxylic acids is 1. The number of anilines is 1. The summed E-state index contributed by atoms with van der Waals surface area (Å²) in [6.45, 7) is 3.88. The van der Waals surface area contributed by atoms with Crippen molar-refractivity contribution in [3.63, 3.8) is 0 Å². The molecule has 1 rings (SSSR count). The molecule has 0 amide bonds. The molecule has 0 saturated carbocycles. The number of nitrogens with one attached hydrogen (secondary N) is 1. The number of methoxy groups -OCH3 is 2. The van der Waals surface area contributed by atoms with E-state index < -0.39 is 5.41 Å². The quantitative estimate of drug-likeness (QED) is 0.823. The molecule has 0 aliphatic carbocycles. The van der Waals surface area contributed by atoms with Gasteiger partial charge >= 0.3 is 5.97 Å². The van der Waals surface area contributed by atoms with Crippen molar-refractivity contribution in [1.82, 2.24) is 0 Å². The summed E-state index contributed by atoms with van der Waals surface area (Å²) in [4.78, 5) is 11.6. The van der Waals surface area contributed by atoms with Gasteiger partial charge in [0.2, 0.25) is 0 Å². The lowest BCUT2D eigenvalue weighted by molar-refractivity contribution is -0.149. The van der Waals surface area contributed by atoms with Crippen LogP contribution in [0.3, 0.4) is 0 Å². The molecule has 0 fully saturated rings. The van der Waals surface area contributed by atoms with Crippen molar-refractivity contribution in [3.05, 3.63) is 23.8 Å². The average Bonchev–Trinajstić information content (AvgIpc) is 2.43. The van der Waals surface area contributed by atoms with E-state index in [4.69, 9.17) is 14.7 Å². The monoisotopic (exact) mass is 262 g/mol. The van der Waals surface area contributed by atoms with Crippen molar-refractivity contribution >= 4 is 11.7 Å². The van der Waals surface area contributed by atoms with Gasteiger partial charge in [0, 0.05) is 6.54 Å². The van der Waals surface area contributed by atoms with Crippen LogP contribution < -0.4 is 10.1 Å². The predicted octanol–water partition coefficient (Wildman–Crippen LogP) is 2.18. The van der Waals surface area contributed by atoms with Gasteiger partial charge < -0.3 is 14.8 Å². The number of hydrogen-bond acceptors (Lipinski definition) is 5. The molecule has 0 atom stereocenters. The molecule has 1 N–H and O–H groups in total. The van der Waals surface area contributed by atoms with E-state index in [1.165, 1.54) is 14.2 Å². The van der Waals surface area contributed by atoms with Gasteiger partial charge in [-0.15, -0.1) is 0 Å². The highest BCUT2D eigenvalue weighted by atomic mass is 16.5. The highest BCUT2D eigenvalue weighted by molar-refractivity contribution is 5.77. The Morgan fingerprint density at radius 1 is 1.42 bits per heavy atom. The molecular weight excluding hydrogens is 244 g/mol. The van der Waals surface area contributed by atoms with Gasteiger partial charge in [-0.05, 0) is 26.0 Å². The Labute approximate surface area is 113 Å². The first-order valence-corrected chi connectivity index (χ1v) is 5.85. The second kappa shape index (κ2) is 6.10. The van der Waals surface area contributed by atoms with Crippen LogP contribution >= 0.6 is 0 Å². The zero-order chi connectivity index (χ0) is 14.5. The van der Waals surface area contributed by atoms with Crippen LogP contribution in [0.1, 0.15) is 19.4 Å². The van der Waals surface area contributed by atoms with Gasteiger partial charge in [0.1, 0.15) is 11.8 Å². The molecule has 5 nitrogen and oxygen atoms in total. The van der Waals surface area contributed by atoms with Gasteiger partial charge in [-0.2, -0.15) is 5.26 Å². The third-order valence-corrected chi connectivity index (χ3v) is 2.81. The summed E-state index contributed by atoms with van der Waals surface area (Å²) in [7, 11) is 2.89. The highest BCUT2D eigenvalue weighted by Gasteiger charge is 2.29. The smallest absolute Gasteiger partial charge is 0.313 e. The molecule has 0 saturated heterocycles. The molecule has 0 aliphatic heterocycles. The van der Waals surface area contributed by atoms with E-state index in [0.717, 1.165) is 0 Å². The number of hydrogen-bond donors (Lipinski definition) is 1. The Morgan fingerprint density at radius 3 is 2.63 bits per heavy atom. The number of para-hydroxylation sites is 1. The van der Waals surface area contributed by atoms with E-state index in [2.05, 4.69) is 11.4 Å². The molecule has 0 unspecified atom stereocenters. The third kappa shape index (κ3) is 3.38. The van der Waals surface area contributed by atoms with Gasteiger partial charge in [-0.25, -0.2) is 0 Å². The maximum Gasteiger partial charge on any atom is 0.313 e. The van der Waals surface area contributed by atoms with Gasteiger partial charge in [0.25, 0.3) is 0 Å². The summed E-state index contributed by atoms with van der Waals surface area (Å²) >= 11 is 0. The van der Waals surface area contributed by atoms with Crippen LogP contribution in [0.5, 0.6) is 5.75 Å². The van der Waals surface area contributed by atoms with E-state index in [0.29, 0.717) is 23.5 Å². The fraction of sp³-hybridized carbons (Fsp3) is 0.429. The number of ether oxygens (including phenoxy) is 2.